The first-order valence-corrected chi connectivity index (χ1v) is 16.9. The number of esters is 1. The first-order valence-electron chi connectivity index (χ1n) is 13.7. The van der Waals surface area contributed by atoms with Gasteiger partial charge in [0.05, 0.1) is 0 Å². The maximum absolute atomic E-state index is 11.6. The van der Waals surface area contributed by atoms with Crippen molar-refractivity contribution in [2.75, 3.05) is 37.4 Å². The van der Waals surface area contributed by atoms with Gasteiger partial charge in [0.2, 0.25) is 0 Å². The minimum absolute atomic E-state index is 0.236. The molecular weight excluding hydrogens is 399 g/mol. The molecule has 0 fully saturated rings. The number of hydrogen-bond donors (Lipinski definition) is 0. The van der Waals surface area contributed by atoms with Gasteiger partial charge >= 0.3 is 196 Å². The molecule has 0 radical (unpaired) electrons. The van der Waals surface area contributed by atoms with E-state index in [1.54, 1.807) is 31.6 Å². The number of rotatable bonds is 22. The second-order valence-corrected chi connectivity index (χ2v) is 17.0. The molecule has 0 amide bonds. The van der Waals surface area contributed by atoms with Crippen LogP contribution in [0.2, 0.25) is 0 Å². The maximum atomic E-state index is 11.6. The molecule has 186 valence electrons. The summed E-state index contributed by atoms with van der Waals surface area (Å²) in [6.45, 7) is 13.7. The van der Waals surface area contributed by atoms with E-state index >= 15 is 0 Å². The third kappa shape index (κ3) is 13.1. The zero-order valence-corrected chi connectivity index (χ0v) is 23.0. The summed E-state index contributed by atoms with van der Waals surface area (Å²) in [6.07, 6.45) is 26.5. The van der Waals surface area contributed by atoms with E-state index in [2.05, 4.69) is 34.3 Å². The predicted molar refractivity (Wildman–Crippen MR) is 144 cm³/mol. The molecule has 0 spiro atoms. The Labute approximate surface area is 196 Å². The van der Waals surface area contributed by atoms with Crippen LogP contribution in [-0.2, 0) is 9.53 Å². The van der Waals surface area contributed by atoms with Gasteiger partial charge in [0.15, 0.2) is 0 Å². The molecule has 2 nitrogen and oxygen atoms in total. The fourth-order valence-corrected chi connectivity index (χ4v) is 13.3. The summed E-state index contributed by atoms with van der Waals surface area (Å²) in [6, 6.07) is 0. The van der Waals surface area contributed by atoms with Gasteiger partial charge in [-0.15, -0.1) is 0 Å². The molecule has 0 aliphatic rings. The van der Waals surface area contributed by atoms with Gasteiger partial charge in [0, 0.05) is 0 Å². The Hall–Kier alpha value is -0.360. The summed E-state index contributed by atoms with van der Waals surface area (Å²) < 4.78 is 5.33. The fourth-order valence-electron chi connectivity index (χ4n) is 5.22. The van der Waals surface area contributed by atoms with Crippen LogP contribution in [0, 0.1) is 0 Å². The molecule has 0 aliphatic carbocycles. The first-order chi connectivity index (χ1) is 14.9. The summed E-state index contributed by atoms with van der Waals surface area (Å²) >= 11 is 0. The van der Waals surface area contributed by atoms with Crippen molar-refractivity contribution < 1.29 is 9.53 Å². The van der Waals surface area contributed by atoms with Gasteiger partial charge in [-0.25, -0.2) is 0 Å². The number of ether oxygens (including phenoxy) is 1. The van der Waals surface area contributed by atoms with Crippen molar-refractivity contribution in [2.45, 2.75) is 125 Å². The Bertz CT molecular complexity index is 447. The quantitative estimate of drug-likeness (QED) is 0.0702. The van der Waals surface area contributed by atoms with E-state index in [-0.39, 0.29) is 5.97 Å². The third-order valence-electron chi connectivity index (χ3n) is 7.34. The molecule has 0 heterocycles. The Balaban J connectivity index is 5.19. The minimum atomic E-state index is -1.69. The zero-order chi connectivity index (χ0) is 23.5. The molecule has 0 saturated carbocycles. The fraction of sp³-hybridized carbons (Fsp3) is 0.893. The topological polar surface area (TPSA) is 26.3 Å². The molecule has 0 unspecified atom stereocenters. The molecule has 0 saturated heterocycles. The Morgan fingerprint density at radius 1 is 0.613 bits per heavy atom. The van der Waals surface area contributed by atoms with Gasteiger partial charge in [-0.3, -0.25) is 0 Å². The van der Waals surface area contributed by atoms with Crippen LogP contribution in [0.15, 0.2) is 12.2 Å². The summed E-state index contributed by atoms with van der Waals surface area (Å²) in [5, 5.41) is 0. The number of carbonyl (C=O) groups is 1. The van der Waals surface area contributed by atoms with Crippen LogP contribution in [0.5, 0.6) is 0 Å². The van der Waals surface area contributed by atoms with E-state index in [0.717, 1.165) is 6.42 Å². The van der Waals surface area contributed by atoms with Gasteiger partial charge in [-0.05, 0) is 0 Å². The third-order valence-corrected chi connectivity index (χ3v) is 15.2. The molecule has 0 rings (SSSR count). The van der Waals surface area contributed by atoms with Crippen LogP contribution < -0.4 is 0 Å². The molecule has 0 aromatic rings. The predicted octanol–water partition coefficient (Wildman–Crippen LogP) is 9.20. The molecule has 31 heavy (non-hydrogen) atoms. The second-order valence-electron chi connectivity index (χ2n) is 10.3. The van der Waals surface area contributed by atoms with Gasteiger partial charge in [0.25, 0.3) is 0 Å². The van der Waals surface area contributed by atoms with Gasteiger partial charge < -0.3 is 0 Å². The van der Waals surface area contributed by atoms with E-state index in [1.165, 1.54) is 89.6 Å². The SMILES string of the molecule is C=C(C)C(=O)OCCCCCP(CCCC)(CCCC)(CCCC)CCCCCCC. The van der Waals surface area contributed by atoms with E-state index in [1.807, 2.05) is 0 Å². The van der Waals surface area contributed by atoms with Crippen LogP contribution in [0.25, 0.3) is 0 Å². The van der Waals surface area contributed by atoms with Crippen molar-refractivity contribution in [2.24, 2.45) is 0 Å². The van der Waals surface area contributed by atoms with Crippen molar-refractivity contribution in [1.82, 2.24) is 0 Å². The average molecular weight is 457 g/mol. The van der Waals surface area contributed by atoms with Crippen LogP contribution in [0.4, 0.5) is 0 Å². The summed E-state index contributed by atoms with van der Waals surface area (Å²) in [5.41, 5.74) is 0.506. The monoisotopic (exact) mass is 456 g/mol. The van der Waals surface area contributed by atoms with Crippen molar-refractivity contribution in [3.63, 3.8) is 0 Å². The van der Waals surface area contributed by atoms with Crippen molar-refractivity contribution in [3.8, 4) is 0 Å². The summed E-state index contributed by atoms with van der Waals surface area (Å²) in [7, 11) is 0. The van der Waals surface area contributed by atoms with Crippen LogP contribution in [0.3, 0.4) is 0 Å². The van der Waals surface area contributed by atoms with Crippen molar-refractivity contribution >= 4 is 12.6 Å². The Kier molecular flexibility index (Phi) is 17.9. The van der Waals surface area contributed by atoms with Gasteiger partial charge in [-0.2, -0.15) is 0 Å². The van der Waals surface area contributed by atoms with E-state index in [0.29, 0.717) is 12.2 Å². The molecule has 0 aliphatic heterocycles. The van der Waals surface area contributed by atoms with Crippen molar-refractivity contribution in [3.05, 3.63) is 12.2 Å². The van der Waals surface area contributed by atoms with Gasteiger partial charge in [0.1, 0.15) is 0 Å². The molecule has 0 aromatic heterocycles. The van der Waals surface area contributed by atoms with Crippen molar-refractivity contribution in [1.29, 1.82) is 0 Å². The molecular formula is C28H57O2P. The van der Waals surface area contributed by atoms with Crippen LogP contribution >= 0.6 is 6.60 Å². The number of carbonyl (C=O) groups excluding carboxylic acids is 1. The Morgan fingerprint density at radius 3 is 1.42 bits per heavy atom. The van der Waals surface area contributed by atoms with E-state index in [9.17, 15) is 4.79 Å². The van der Waals surface area contributed by atoms with E-state index in [4.69, 9.17) is 4.74 Å². The summed E-state index contributed by atoms with van der Waals surface area (Å²) in [4.78, 5) is 11.6. The molecule has 0 N–H and O–H groups in total. The number of hydrogen-bond acceptors (Lipinski definition) is 2. The Morgan fingerprint density at radius 2 is 1.00 bits per heavy atom. The van der Waals surface area contributed by atoms with Crippen LogP contribution in [-0.4, -0.2) is 43.4 Å². The molecule has 0 atom stereocenters. The normalized spacial score (nSPS) is 13.0. The first kappa shape index (κ1) is 30.6. The second kappa shape index (κ2) is 18.1. The molecule has 0 aromatic carbocycles. The standard InChI is InChI=1S/C28H57O2P/c1-7-11-15-16-19-25-31(22-12-8-2,23-13-9-3,24-14-10-4)26-20-17-18-21-30-28(29)27(5)6/h5,7-26H2,1-4,6H3. The van der Waals surface area contributed by atoms with Crippen LogP contribution in [0.1, 0.15) is 125 Å². The summed E-state index contributed by atoms with van der Waals surface area (Å²) in [5.74, 6) is -0.236. The van der Waals surface area contributed by atoms with Gasteiger partial charge in [-0.1, -0.05) is 0 Å². The van der Waals surface area contributed by atoms with E-state index < -0.39 is 6.60 Å². The average Bonchev–Trinajstić information content (AvgIpc) is 2.77. The molecule has 0 bridgehead atoms. The zero-order valence-electron chi connectivity index (χ0n) is 22.1. The number of unbranched alkanes of at least 4 members (excludes halogenated alkanes) is 9. The molecule has 3 heteroatoms.